The number of hydrogen-bond acceptors (Lipinski definition) is 1. The van der Waals surface area contributed by atoms with E-state index in [0.29, 0.717) is 5.69 Å². The largest absolute Gasteiger partial charge is 0.323 e. The van der Waals surface area contributed by atoms with E-state index < -0.39 is 11.6 Å². The number of alkyl halides is 1. The molecule has 0 aliphatic carbocycles. The van der Waals surface area contributed by atoms with E-state index in [4.69, 9.17) is 0 Å². The van der Waals surface area contributed by atoms with Crippen molar-refractivity contribution in [3.63, 3.8) is 0 Å². The lowest BCUT2D eigenvalue weighted by molar-refractivity contribution is -0.126. The third kappa shape index (κ3) is 2.55. The van der Waals surface area contributed by atoms with Crippen LogP contribution in [0.1, 0.15) is 20.3 Å². The van der Waals surface area contributed by atoms with Crippen LogP contribution in [0.5, 0.6) is 0 Å². The van der Waals surface area contributed by atoms with E-state index >= 15 is 0 Å². The Morgan fingerprint density at radius 3 is 2.50 bits per heavy atom. The van der Waals surface area contributed by atoms with Gasteiger partial charge in [0.2, 0.25) is 0 Å². The second-order valence-electron chi connectivity index (χ2n) is 3.37. The van der Waals surface area contributed by atoms with Gasteiger partial charge in [-0.3, -0.25) is 4.79 Å². The minimum Gasteiger partial charge on any atom is -0.323 e. The minimum atomic E-state index is -1.80. The van der Waals surface area contributed by atoms with Crippen LogP contribution in [0.4, 0.5) is 10.1 Å². The molecule has 1 aromatic rings. The van der Waals surface area contributed by atoms with E-state index in [1.54, 1.807) is 31.2 Å². The number of halogens is 1. The predicted molar refractivity (Wildman–Crippen MR) is 54.9 cm³/mol. The molecular weight excluding hydrogens is 181 g/mol. The molecule has 1 aromatic carbocycles. The lowest BCUT2D eigenvalue weighted by atomic mass is 10.1. The minimum absolute atomic E-state index is 0.172. The van der Waals surface area contributed by atoms with Crippen molar-refractivity contribution < 1.29 is 9.18 Å². The fraction of sp³-hybridized carbons (Fsp3) is 0.364. The third-order valence-electron chi connectivity index (χ3n) is 2.17. The number of anilines is 1. The molecule has 1 unspecified atom stereocenters. The first kappa shape index (κ1) is 10.7. The molecule has 1 rings (SSSR count). The molecule has 0 aliphatic heterocycles. The average molecular weight is 195 g/mol. The number of benzene rings is 1. The zero-order valence-corrected chi connectivity index (χ0v) is 8.38. The fourth-order valence-electron chi connectivity index (χ4n) is 0.943. The van der Waals surface area contributed by atoms with E-state index in [0.717, 1.165) is 0 Å². The summed E-state index contributed by atoms with van der Waals surface area (Å²) in [5, 5.41) is 2.52. The summed E-state index contributed by atoms with van der Waals surface area (Å²) in [5.74, 6) is -0.591. The maximum atomic E-state index is 13.5. The van der Waals surface area contributed by atoms with Gasteiger partial charge in [0, 0.05) is 5.69 Å². The topological polar surface area (TPSA) is 29.1 Å². The van der Waals surface area contributed by atoms with Crippen LogP contribution in [0.15, 0.2) is 30.3 Å². The van der Waals surface area contributed by atoms with Crippen LogP contribution in [0.3, 0.4) is 0 Å². The van der Waals surface area contributed by atoms with E-state index in [1.807, 2.05) is 6.07 Å². The molecule has 2 nitrogen and oxygen atoms in total. The van der Waals surface area contributed by atoms with E-state index in [-0.39, 0.29) is 6.42 Å². The highest BCUT2D eigenvalue weighted by Crippen LogP contribution is 2.17. The molecule has 0 spiro atoms. The molecule has 0 radical (unpaired) electrons. The number of carbonyl (C=O) groups is 1. The van der Waals surface area contributed by atoms with E-state index in [2.05, 4.69) is 5.32 Å². The standard InChI is InChI=1S/C11H14FNO/c1-3-11(2,12)10(14)13-9-7-5-4-6-8-9/h4-8H,3H2,1-2H3,(H,13,14). The maximum absolute atomic E-state index is 13.5. The Balaban J connectivity index is 2.67. The molecule has 3 heteroatoms. The molecule has 1 N–H and O–H groups in total. The zero-order chi connectivity index (χ0) is 10.6. The van der Waals surface area contributed by atoms with Gasteiger partial charge in [0.05, 0.1) is 0 Å². The first-order valence-corrected chi connectivity index (χ1v) is 4.61. The Kier molecular flexibility index (Phi) is 3.23. The molecule has 0 aliphatic rings. The molecule has 0 saturated carbocycles. The van der Waals surface area contributed by atoms with E-state index in [9.17, 15) is 9.18 Å². The van der Waals surface area contributed by atoms with Crippen molar-refractivity contribution in [2.24, 2.45) is 0 Å². The van der Waals surface area contributed by atoms with E-state index in [1.165, 1.54) is 6.92 Å². The average Bonchev–Trinajstić information content (AvgIpc) is 2.19. The second kappa shape index (κ2) is 4.22. The highest BCUT2D eigenvalue weighted by molar-refractivity contribution is 5.96. The Hall–Kier alpha value is -1.38. The molecule has 0 saturated heterocycles. The van der Waals surface area contributed by atoms with Crippen LogP contribution in [-0.4, -0.2) is 11.6 Å². The molecule has 1 amide bonds. The fourth-order valence-corrected chi connectivity index (χ4v) is 0.943. The predicted octanol–water partition coefficient (Wildman–Crippen LogP) is 2.76. The molecular formula is C11H14FNO. The molecule has 0 bridgehead atoms. The van der Waals surface area contributed by atoms with Gasteiger partial charge in [0.25, 0.3) is 5.91 Å². The summed E-state index contributed by atoms with van der Waals surface area (Å²) in [7, 11) is 0. The first-order valence-electron chi connectivity index (χ1n) is 4.61. The van der Waals surface area contributed by atoms with Crippen LogP contribution in [0, 0.1) is 0 Å². The SMILES string of the molecule is CCC(C)(F)C(=O)Nc1ccccc1. The Morgan fingerprint density at radius 1 is 1.43 bits per heavy atom. The van der Waals surface area contributed by atoms with Crippen LogP contribution in [0.25, 0.3) is 0 Å². The van der Waals surface area contributed by atoms with Crippen molar-refractivity contribution >= 4 is 11.6 Å². The number of rotatable bonds is 3. The van der Waals surface area contributed by atoms with Crippen LogP contribution in [-0.2, 0) is 4.79 Å². The highest BCUT2D eigenvalue weighted by atomic mass is 19.1. The Bertz CT molecular complexity index is 308. The van der Waals surface area contributed by atoms with Gasteiger partial charge in [0.1, 0.15) is 0 Å². The maximum Gasteiger partial charge on any atom is 0.261 e. The van der Waals surface area contributed by atoms with Crippen molar-refractivity contribution in [3.05, 3.63) is 30.3 Å². The smallest absolute Gasteiger partial charge is 0.261 e. The summed E-state index contributed by atoms with van der Waals surface area (Å²) < 4.78 is 13.5. The Morgan fingerprint density at radius 2 is 2.00 bits per heavy atom. The van der Waals surface area contributed by atoms with Gasteiger partial charge in [0.15, 0.2) is 5.67 Å². The quantitative estimate of drug-likeness (QED) is 0.789. The normalized spacial score (nSPS) is 14.5. The molecule has 76 valence electrons. The molecule has 0 fully saturated rings. The van der Waals surface area contributed by atoms with Crippen molar-refractivity contribution in [1.29, 1.82) is 0 Å². The van der Waals surface area contributed by atoms with Gasteiger partial charge in [-0.1, -0.05) is 25.1 Å². The van der Waals surface area contributed by atoms with Crippen molar-refractivity contribution in [1.82, 2.24) is 0 Å². The lowest BCUT2D eigenvalue weighted by Gasteiger charge is -2.17. The van der Waals surface area contributed by atoms with Crippen molar-refractivity contribution in [2.45, 2.75) is 25.9 Å². The van der Waals surface area contributed by atoms with Crippen molar-refractivity contribution in [3.8, 4) is 0 Å². The number of hydrogen-bond donors (Lipinski definition) is 1. The monoisotopic (exact) mass is 195 g/mol. The molecule has 0 heterocycles. The van der Waals surface area contributed by atoms with Crippen LogP contribution >= 0.6 is 0 Å². The molecule has 14 heavy (non-hydrogen) atoms. The van der Waals surface area contributed by atoms with Gasteiger partial charge >= 0.3 is 0 Å². The number of para-hydroxylation sites is 1. The van der Waals surface area contributed by atoms with Gasteiger partial charge < -0.3 is 5.32 Å². The molecule has 1 atom stereocenters. The Labute approximate surface area is 83.1 Å². The number of carbonyl (C=O) groups excluding carboxylic acids is 1. The number of amides is 1. The van der Waals surface area contributed by atoms with Crippen molar-refractivity contribution in [2.75, 3.05) is 5.32 Å². The summed E-state index contributed by atoms with van der Waals surface area (Å²) in [5.41, 5.74) is -1.18. The summed E-state index contributed by atoms with van der Waals surface area (Å²) >= 11 is 0. The number of nitrogens with one attached hydrogen (secondary N) is 1. The second-order valence-corrected chi connectivity index (χ2v) is 3.37. The highest BCUT2D eigenvalue weighted by Gasteiger charge is 2.30. The molecule has 0 aromatic heterocycles. The summed E-state index contributed by atoms with van der Waals surface area (Å²) in [6.45, 7) is 2.93. The van der Waals surface area contributed by atoms with Crippen LogP contribution < -0.4 is 5.32 Å². The summed E-state index contributed by atoms with van der Waals surface area (Å²) in [6.07, 6.45) is 0.172. The van der Waals surface area contributed by atoms with Gasteiger partial charge in [-0.15, -0.1) is 0 Å². The van der Waals surface area contributed by atoms with Gasteiger partial charge in [-0.25, -0.2) is 4.39 Å². The van der Waals surface area contributed by atoms with Gasteiger partial charge in [-0.05, 0) is 25.5 Å². The summed E-state index contributed by atoms with van der Waals surface area (Å²) in [4.78, 5) is 11.4. The third-order valence-corrected chi connectivity index (χ3v) is 2.17. The summed E-state index contributed by atoms with van der Waals surface area (Å²) in [6, 6.07) is 8.87. The zero-order valence-electron chi connectivity index (χ0n) is 8.38. The van der Waals surface area contributed by atoms with Gasteiger partial charge in [-0.2, -0.15) is 0 Å². The van der Waals surface area contributed by atoms with Crippen LogP contribution in [0.2, 0.25) is 0 Å². The lowest BCUT2D eigenvalue weighted by Crippen LogP contribution is -2.35. The first-order chi connectivity index (χ1) is 6.56.